The third-order valence-corrected chi connectivity index (χ3v) is 2.55. The van der Waals surface area contributed by atoms with Crippen LogP contribution in [0.3, 0.4) is 0 Å². The Kier molecular flexibility index (Phi) is 5.81. The van der Waals surface area contributed by atoms with Gasteiger partial charge in [0, 0.05) is 20.2 Å². The van der Waals surface area contributed by atoms with Gasteiger partial charge in [-0.1, -0.05) is 6.07 Å². The first-order valence-corrected chi connectivity index (χ1v) is 5.59. The molecule has 1 aromatic carbocycles. The number of carbonyl (C=O) groups is 1. The molecule has 0 aromatic heterocycles. The van der Waals surface area contributed by atoms with Crippen molar-refractivity contribution in [3.05, 3.63) is 29.6 Å². The first-order valence-electron chi connectivity index (χ1n) is 5.59. The molecule has 18 heavy (non-hydrogen) atoms. The van der Waals surface area contributed by atoms with Crippen LogP contribution in [0.4, 0.5) is 10.1 Å². The summed E-state index contributed by atoms with van der Waals surface area (Å²) in [5.74, 6) is -0.554. The number of hydrogen-bond acceptors (Lipinski definition) is 4. The summed E-state index contributed by atoms with van der Waals surface area (Å²) >= 11 is 0. The van der Waals surface area contributed by atoms with Crippen LogP contribution in [-0.2, 0) is 4.74 Å². The fourth-order valence-corrected chi connectivity index (χ4v) is 1.66. The Bertz CT molecular complexity index is 443. The van der Waals surface area contributed by atoms with Crippen LogP contribution in [0.2, 0.25) is 0 Å². The number of methoxy groups -OCH3 is 1. The Labute approximate surface area is 106 Å². The van der Waals surface area contributed by atoms with Crippen LogP contribution >= 0.6 is 0 Å². The van der Waals surface area contributed by atoms with Gasteiger partial charge in [-0.3, -0.25) is 4.79 Å². The normalized spacial score (nSPS) is 9.83. The van der Waals surface area contributed by atoms with Crippen molar-refractivity contribution in [1.82, 2.24) is 0 Å². The second-order valence-corrected chi connectivity index (χ2v) is 3.68. The Balaban J connectivity index is 2.99. The van der Waals surface area contributed by atoms with Crippen molar-refractivity contribution in [2.75, 3.05) is 31.7 Å². The minimum absolute atomic E-state index is 0.0199. The van der Waals surface area contributed by atoms with Gasteiger partial charge in [-0.25, -0.2) is 4.39 Å². The molecule has 0 aliphatic carbocycles. The molecule has 0 heterocycles. The molecule has 0 radical (unpaired) electrons. The molecule has 4 nitrogen and oxygen atoms in total. The van der Waals surface area contributed by atoms with E-state index in [1.54, 1.807) is 24.1 Å². The maximum Gasteiger partial charge on any atom is 0.155 e. The predicted octanol–water partition coefficient (Wildman–Crippen LogP) is 2.00. The van der Waals surface area contributed by atoms with Crippen LogP contribution in [0, 0.1) is 17.1 Å². The van der Waals surface area contributed by atoms with Crippen molar-refractivity contribution < 1.29 is 13.9 Å². The zero-order valence-corrected chi connectivity index (χ0v) is 10.2. The van der Waals surface area contributed by atoms with E-state index < -0.39 is 5.82 Å². The molecule has 0 saturated heterocycles. The van der Waals surface area contributed by atoms with Gasteiger partial charge in [-0.2, -0.15) is 5.26 Å². The number of rotatable bonds is 7. The van der Waals surface area contributed by atoms with Crippen molar-refractivity contribution in [3.63, 3.8) is 0 Å². The van der Waals surface area contributed by atoms with Crippen molar-refractivity contribution >= 4 is 12.0 Å². The monoisotopic (exact) mass is 250 g/mol. The van der Waals surface area contributed by atoms with Gasteiger partial charge in [0.25, 0.3) is 0 Å². The van der Waals surface area contributed by atoms with Crippen molar-refractivity contribution in [1.29, 1.82) is 5.26 Å². The fraction of sp³-hybridized carbons (Fsp3) is 0.385. The Morgan fingerprint density at radius 1 is 1.50 bits per heavy atom. The lowest BCUT2D eigenvalue weighted by molar-refractivity contribution is 0.112. The first kappa shape index (κ1) is 14.1. The lowest BCUT2D eigenvalue weighted by Crippen LogP contribution is -2.29. The van der Waals surface area contributed by atoms with Crippen LogP contribution in [0.5, 0.6) is 0 Å². The van der Waals surface area contributed by atoms with E-state index in [1.165, 1.54) is 6.07 Å². The molecule has 5 heteroatoms. The molecule has 0 atom stereocenters. The van der Waals surface area contributed by atoms with Crippen molar-refractivity contribution in [2.24, 2.45) is 0 Å². The molecular formula is C13H15FN2O2. The number of nitriles is 1. The SMILES string of the molecule is COCCN(CCC#N)c1cccc(F)c1C=O. The topological polar surface area (TPSA) is 53.3 Å². The molecule has 0 fully saturated rings. The summed E-state index contributed by atoms with van der Waals surface area (Å²) in [7, 11) is 1.56. The average molecular weight is 250 g/mol. The standard InChI is InChI=1S/C13H15FN2O2/c1-18-9-8-16(7-3-6-15)13-5-2-4-12(14)11(13)10-17/h2,4-5,10H,3,7-9H2,1H3. The van der Waals surface area contributed by atoms with E-state index in [0.717, 1.165) is 0 Å². The van der Waals surface area contributed by atoms with E-state index in [9.17, 15) is 9.18 Å². The van der Waals surface area contributed by atoms with Crippen LogP contribution < -0.4 is 4.90 Å². The van der Waals surface area contributed by atoms with E-state index in [1.807, 2.05) is 6.07 Å². The van der Waals surface area contributed by atoms with Crippen molar-refractivity contribution in [3.8, 4) is 6.07 Å². The van der Waals surface area contributed by atoms with Crippen LogP contribution in [0.15, 0.2) is 18.2 Å². The molecule has 0 bridgehead atoms. The van der Waals surface area contributed by atoms with Crippen molar-refractivity contribution in [2.45, 2.75) is 6.42 Å². The van der Waals surface area contributed by atoms with Crippen LogP contribution in [0.25, 0.3) is 0 Å². The molecule has 0 saturated carbocycles. The lowest BCUT2D eigenvalue weighted by atomic mass is 10.1. The van der Waals surface area contributed by atoms with Gasteiger partial charge in [-0.05, 0) is 12.1 Å². The molecule has 96 valence electrons. The largest absolute Gasteiger partial charge is 0.383 e. The highest BCUT2D eigenvalue weighted by Gasteiger charge is 2.13. The number of carbonyl (C=O) groups excluding carboxylic acids is 1. The van der Waals surface area contributed by atoms with E-state index in [-0.39, 0.29) is 5.56 Å². The highest BCUT2D eigenvalue weighted by Crippen LogP contribution is 2.21. The van der Waals surface area contributed by atoms with Gasteiger partial charge in [-0.15, -0.1) is 0 Å². The third-order valence-electron chi connectivity index (χ3n) is 2.55. The second-order valence-electron chi connectivity index (χ2n) is 3.68. The number of nitrogens with zero attached hydrogens (tertiary/aromatic N) is 2. The number of aldehydes is 1. The van der Waals surface area contributed by atoms with Gasteiger partial charge in [0.15, 0.2) is 6.29 Å². The van der Waals surface area contributed by atoms with E-state index in [4.69, 9.17) is 10.00 Å². The summed E-state index contributed by atoms with van der Waals surface area (Å²) in [4.78, 5) is 12.7. The van der Waals surface area contributed by atoms with E-state index in [0.29, 0.717) is 38.1 Å². The highest BCUT2D eigenvalue weighted by atomic mass is 19.1. The maximum absolute atomic E-state index is 13.5. The molecule has 1 aromatic rings. The number of hydrogen-bond donors (Lipinski definition) is 0. The van der Waals surface area contributed by atoms with Crippen LogP contribution in [0.1, 0.15) is 16.8 Å². The maximum atomic E-state index is 13.5. The molecule has 0 amide bonds. The van der Waals surface area contributed by atoms with E-state index >= 15 is 0 Å². The Morgan fingerprint density at radius 3 is 2.89 bits per heavy atom. The minimum Gasteiger partial charge on any atom is -0.383 e. The Morgan fingerprint density at radius 2 is 2.28 bits per heavy atom. The number of benzene rings is 1. The average Bonchev–Trinajstić information content (AvgIpc) is 2.39. The van der Waals surface area contributed by atoms with Gasteiger partial charge in [0.05, 0.1) is 30.3 Å². The molecule has 0 aliphatic rings. The summed E-state index contributed by atoms with van der Waals surface area (Å²) in [6.07, 6.45) is 0.801. The van der Waals surface area contributed by atoms with Gasteiger partial charge in [0.2, 0.25) is 0 Å². The zero-order valence-electron chi connectivity index (χ0n) is 10.2. The number of anilines is 1. The molecule has 0 unspecified atom stereocenters. The summed E-state index contributed by atoms with van der Waals surface area (Å²) in [5.41, 5.74) is 0.517. The highest BCUT2D eigenvalue weighted by molar-refractivity contribution is 5.85. The molecule has 0 N–H and O–H groups in total. The minimum atomic E-state index is -0.554. The lowest BCUT2D eigenvalue weighted by Gasteiger charge is -2.24. The molecule has 1 rings (SSSR count). The summed E-state index contributed by atoms with van der Waals surface area (Å²) in [5, 5.41) is 8.62. The molecular weight excluding hydrogens is 235 g/mol. The summed E-state index contributed by atoms with van der Waals surface area (Å²) in [6, 6.07) is 6.49. The summed E-state index contributed by atoms with van der Waals surface area (Å²) < 4.78 is 18.5. The first-order chi connectivity index (χ1) is 8.74. The van der Waals surface area contributed by atoms with E-state index in [2.05, 4.69) is 0 Å². The number of ether oxygens (including phenoxy) is 1. The molecule has 0 aliphatic heterocycles. The molecule has 0 spiro atoms. The van der Waals surface area contributed by atoms with Gasteiger partial charge in [0.1, 0.15) is 5.82 Å². The van der Waals surface area contributed by atoms with Gasteiger partial charge >= 0.3 is 0 Å². The third kappa shape index (κ3) is 3.54. The predicted molar refractivity (Wildman–Crippen MR) is 66.1 cm³/mol. The quantitative estimate of drug-likeness (QED) is 0.694. The summed E-state index contributed by atoms with van der Waals surface area (Å²) in [6.45, 7) is 1.38. The fourth-order valence-electron chi connectivity index (χ4n) is 1.66. The van der Waals surface area contributed by atoms with Crippen LogP contribution in [-0.4, -0.2) is 33.1 Å². The zero-order chi connectivity index (χ0) is 13.4. The smallest absolute Gasteiger partial charge is 0.155 e. The second kappa shape index (κ2) is 7.41. The number of halogens is 1. The van der Waals surface area contributed by atoms with Gasteiger partial charge < -0.3 is 9.64 Å². The Hall–Kier alpha value is -1.93.